The van der Waals surface area contributed by atoms with E-state index in [4.69, 9.17) is 22.1 Å². The largest absolute Gasteiger partial charge is 0.455 e. The van der Waals surface area contributed by atoms with Gasteiger partial charge in [-0.05, 0) is 35.2 Å². The zero-order valence-electron chi connectivity index (χ0n) is 11.1. The maximum atomic E-state index is 6.19. The predicted molar refractivity (Wildman–Crippen MR) is 91.1 cm³/mol. The number of halogens is 2. The van der Waals surface area contributed by atoms with Crippen LogP contribution in [-0.2, 0) is 6.54 Å². The third-order valence-corrected chi connectivity index (χ3v) is 4.11. The topological polar surface area (TPSA) is 35.2 Å². The van der Waals surface area contributed by atoms with Crippen LogP contribution in [0.4, 0.5) is 0 Å². The van der Waals surface area contributed by atoms with Gasteiger partial charge < -0.3 is 10.5 Å². The van der Waals surface area contributed by atoms with Gasteiger partial charge in [0.05, 0.1) is 5.02 Å². The first-order valence-corrected chi connectivity index (χ1v) is 7.70. The van der Waals surface area contributed by atoms with E-state index >= 15 is 0 Å². The quantitative estimate of drug-likeness (QED) is 0.667. The molecule has 3 aromatic carbocycles. The van der Waals surface area contributed by atoms with Crippen molar-refractivity contribution in [1.29, 1.82) is 0 Å². The van der Waals surface area contributed by atoms with Crippen molar-refractivity contribution in [2.75, 3.05) is 0 Å². The van der Waals surface area contributed by atoms with E-state index in [9.17, 15) is 0 Å². The van der Waals surface area contributed by atoms with Gasteiger partial charge in [-0.3, -0.25) is 0 Å². The molecular formula is C17H13BrClNO. The average Bonchev–Trinajstić information content (AvgIpc) is 2.51. The molecule has 0 heterocycles. The smallest absolute Gasteiger partial charge is 0.147 e. The minimum atomic E-state index is 0.498. The van der Waals surface area contributed by atoms with Gasteiger partial charge in [0, 0.05) is 16.4 Å². The van der Waals surface area contributed by atoms with Crippen LogP contribution in [0, 0.1) is 0 Å². The number of rotatable bonds is 3. The van der Waals surface area contributed by atoms with E-state index in [2.05, 4.69) is 15.9 Å². The molecule has 3 aromatic rings. The maximum absolute atomic E-state index is 6.19. The minimum Gasteiger partial charge on any atom is -0.455 e. The van der Waals surface area contributed by atoms with Gasteiger partial charge >= 0.3 is 0 Å². The Morgan fingerprint density at radius 3 is 2.48 bits per heavy atom. The van der Waals surface area contributed by atoms with Crippen LogP contribution in [0.25, 0.3) is 10.8 Å². The van der Waals surface area contributed by atoms with Crippen molar-refractivity contribution in [2.24, 2.45) is 5.73 Å². The van der Waals surface area contributed by atoms with Gasteiger partial charge in [-0.1, -0.05) is 57.9 Å². The summed E-state index contributed by atoms with van der Waals surface area (Å²) in [7, 11) is 0. The van der Waals surface area contributed by atoms with Crippen molar-refractivity contribution < 1.29 is 4.74 Å². The third-order valence-electron chi connectivity index (χ3n) is 3.31. The molecule has 0 amide bonds. The summed E-state index contributed by atoms with van der Waals surface area (Å²) in [5, 5.41) is 2.70. The van der Waals surface area contributed by atoms with Crippen LogP contribution >= 0.6 is 27.5 Å². The molecule has 106 valence electrons. The van der Waals surface area contributed by atoms with E-state index < -0.39 is 0 Å². The van der Waals surface area contributed by atoms with Crippen molar-refractivity contribution in [3.63, 3.8) is 0 Å². The lowest BCUT2D eigenvalue weighted by Gasteiger charge is -2.12. The molecule has 0 atom stereocenters. The normalized spacial score (nSPS) is 10.8. The Morgan fingerprint density at radius 1 is 0.952 bits per heavy atom. The summed E-state index contributed by atoms with van der Waals surface area (Å²) >= 11 is 9.62. The third kappa shape index (κ3) is 2.91. The van der Waals surface area contributed by atoms with Gasteiger partial charge in [0.25, 0.3) is 0 Å². The summed E-state index contributed by atoms with van der Waals surface area (Å²) in [6.45, 7) is 0.498. The van der Waals surface area contributed by atoms with Crippen LogP contribution < -0.4 is 10.5 Å². The molecule has 0 aromatic heterocycles. The predicted octanol–water partition coefficient (Wildman–Crippen LogP) is 5.51. The molecule has 0 bridgehead atoms. The first kappa shape index (κ1) is 14.4. The highest BCUT2D eigenvalue weighted by Crippen LogP contribution is 2.36. The molecule has 0 spiro atoms. The lowest BCUT2D eigenvalue weighted by Crippen LogP contribution is -1.98. The zero-order valence-corrected chi connectivity index (χ0v) is 13.5. The fourth-order valence-corrected chi connectivity index (χ4v) is 2.77. The standard InChI is InChI=1S/C17H13BrClNO/c18-12-6-7-15(19)17(9-12)21-16-8-5-11(10-20)13-3-1-2-4-14(13)16/h1-9H,10,20H2. The highest BCUT2D eigenvalue weighted by atomic mass is 79.9. The number of ether oxygens (including phenoxy) is 1. The van der Waals surface area contributed by atoms with E-state index in [0.717, 1.165) is 26.6 Å². The molecular weight excluding hydrogens is 350 g/mol. The van der Waals surface area contributed by atoms with Crippen LogP contribution in [0.15, 0.2) is 59.1 Å². The second-order valence-corrected chi connectivity index (χ2v) is 5.97. The van der Waals surface area contributed by atoms with Crippen LogP contribution in [0.2, 0.25) is 5.02 Å². The van der Waals surface area contributed by atoms with E-state index in [1.54, 1.807) is 6.07 Å². The van der Waals surface area contributed by atoms with Crippen LogP contribution in [0.1, 0.15) is 5.56 Å². The zero-order chi connectivity index (χ0) is 14.8. The molecule has 2 N–H and O–H groups in total. The molecule has 0 aliphatic rings. The van der Waals surface area contributed by atoms with Gasteiger partial charge in [0.1, 0.15) is 11.5 Å². The molecule has 0 aliphatic carbocycles. The second-order valence-electron chi connectivity index (χ2n) is 4.65. The average molecular weight is 363 g/mol. The van der Waals surface area contributed by atoms with Crippen molar-refractivity contribution in [1.82, 2.24) is 0 Å². The molecule has 21 heavy (non-hydrogen) atoms. The number of nitrogens with two attached hydrogens (primary N) is 1. The highest BCUT2D eigenvalue weighted by molar-refractivity contribution is 9.10. The van der Waals surface area contributed by atoms with Gasteiger partial charge in [-0.25, -0.2) is 0 Å². The minimum absolute atomic E-state index is 0.498. The number of benzene rings is 3. The van der Waals surface area contributed by atoms with Gasteiger partial charge in [-0.15, -0.1) is 0 Å². The Balaban J connectivity index is 2.11. The van der Waals surface area contributed by atoms with Crippen molar-refractivity contribution in [2.45, 2.75) is 6.54 Å². The molecule has 3 rings (SSSR count). The number of hydrogen-bond donors (Lipinski definition) is 1. The summed E-state index contributed by atoms with van der Waals surface area (Å²) in [6, 6.07) is 17.5. The molecule has 0 fully saturated rings. The Hall–Kier alpha value is -1.55. The number of hydrogen-bond acceptors (Lipinski definition) is 2. The maximum Gasteiger partial charge on any atom is 0.147 e. The summed E-state index contributed by atoms with van der Waals surface area (Å²) in [5.74, 6) is 1.39. The molecule has 0 unspecified atom stereocenters. The van der Waals surface area contributed by atoms with Gasteiger partial charge in [0.2, 0.25) is 0 Å². The summed E-state index contributed by atoms with van der Waals surface area (Å²) < 4.78 is 6.92. The van der Waals surface area contributed by atoms with Gasteiger partial charge in [-0.2, -0.15) is 0 Å². The van der Waals surface area contributed by atoms with Crippen LogP contribution in [0.5, 0.6) is 11.5 Å². The Bertz CT molecular complexity index is 804. The monoisotopic (exact) mass is 361 g/mol. The second kappa shape index (κ2) is 6.06. The Labute approximate surface area is 136 Å². The molecule has 0 aliphatic heterocycles. The van der Waals surface area contributed by atoms with Crippen LogP contribution in [-0.4, -0.2) is 0 Å². The van der Waals surface area contributed by atoms with E-state index in [0.29, 0.717) is 17.3 Å². The molecule has 4 heteroatoms. The first-order chi connectivity index (χ1) is 10.2. The summed E-state index contributed by atoms with van der Waals surface area (Å²) in [4.78, 5) is 0. The summed E-state index contributed by atoms with van der Waals surface area (Å²) in [5.41, 5.74) is 6.89. The fourth-order valence-electron chi connectivity index (χ4n) is 2.27. The number of fused-ring (bicyclic) bond motifs is 1. The van der Waals surface area contributed by atoms with Crippen molar-refractivity contribution in [3.05, 3.63) is 69.7 Å². The SMILES string of the molecule is NCc1ccc(Oc2cc(Br)ccc2Cl)c2ccccc12. The highest BCUT2D eigenvalue weighted by Gasteiger charge is 2.09. The molecule has 0 saturated carbocycles. The first-order valence-electron chi connectivity index (χ1n) is 6.52. The fraction of sp³-hybridized carbons (Fsp3) is 0.0588. The van der Waals surface area contributed by atoms with Crippen molar-refractivity contribution in [3.8, 4) is 11.5 Å². The van der Waals surface area contributed by atoms with E-state index in [-0.39, 0.29) is 0 Å². The van der Waals surface area contributed by atoms with Crippen LogP contribution in [0.3, 0.4) is 0 Å². The van der Waals surface area contributed by atoms with Crippen molar-refractivity contribution >= 4 is 38.3 Å². The van der Waals surface area contributed by atoms with E-state index in [1.165, 1.54) is 0 Å². The Kier molecular flexibility index (Phi) is 4.15. The van der Waals surface area contributed by atoms with E-state index in [1.807, 2.05) is 48.5 Å². The van der Waals surface area contributed by atoms with Gasteiger partial charge in [0.15, 0.2) is 0 Å². The molecule has 2 nitrogen and oxygen atoms in total. The molecule has 0 saturated heterocycles. The lowest BCUT2D eigenvalue weighted by molar-refractivity contribution is 0.488. The molecule has 0 radical (unpaired) electrons. The Morgan fingerprint density at radius 2 is 1.71 bits per heavy atom. The summed E-state index contributed by atoms with van der Waals surface area (Å²) in [6.07, 6.45) is 0. The lowest BCUT2D eigenvalue weighted by atomic mass is 10.0.